The molecule has 1 aliphatic rings. The van der Waals surface area contributed by atoms with Crippen LogP contribution in [0.3, 0.4) is 0 Å². The molecular formula is C16H26N3O3S2+. The van der Waals surface area contributed by atoms with E-state index in [1.807, 2.05) is 31.1 Å². The maximum Gasteiger partial charge on any atom is 0.324 e. The van der Waals surface area contributed by atoms with Gasteiger partial charge in [-0.25, -0.2) is 4.58 Å². The van der Waals surface area contributed by atoms with E-state index in [2.05, 4.69) is 24.0 Å². The van der Waals surface area contributed by atoms with Gasteiger partial charge in [0, 0.05) is 55.1 Å². The van der Waals surface area contributed by atoms with Crippen LogP contribution in [0.2, 0.25) is 0 Å². The van der Waals surface area contributed by atoms with E-state index in [0.717, 1.165) is 37.1 Å². The van der Waals surface area contributed by atoms with Gasteiger partial charge < -0.3 is 10.2 Å². The third-order valence-corrected chi connectivity index (χ3v) is 6.13. The second kappa shape index (κ2) is 7.76. The SMILES string of the molecule is CN(C)c1ccc(NC2CCC(=[N+](C)C)CC2)c(SS(=O)(=O)O)c1. The molecule has 0 bridgehead atoms. The number of rotatable bonds is 5. The van der Waals surface area contributed by atoms with Crippen LogP contribution >= 0.6 is 10.8 Å². The van der Waals surface area contributed by atoms with E-state index < -0.39 is 9.15 Å². The first-order valence-corrected chi connectivity index (χ1v) is 10.7. The van der Waals surface area contributed by atoms with E-state index in [4.69, 9.17) is 0 Å². The summed E-state index contributed by atoms with van der Waals surface area (Å²) in [5.74, 6) is 0. The molecule has 1 aliphatic carbocycles. The van der Waals surface area contributed by atoms with Crippen molar-refractivity contribution in [1.29, 1.82) is 0 Å². The van der Waals surface area contributed by atoms with Crippen LogP contribution in [0.15, 0.2) is 23.1 Å². The average molecular weight is 373 g/mol. The van der Waals surface area contributed by atoms with Crippen LogP contribution in [0.25, 0.3) is 0 Å². The molecule has 2 N–H and O–H groups in total. The van der Waals surface area contributed by atoms with Gasteiger partial charge >= 0.3 is 9.15 Å². The van der Waals surface area contributed by atoms with Gasteiger partial charge in [0.25, 0.3) is 0 Å². The van der Waals surface area contributed by atoms with Crippen molar-refractivity contribution in [2.75, 3.05) is 38.4 Å². The van der Waals surface area contributed by atoms with Crippen molar-refractivity contribution in [3.8, 4) is 0 Å². The van der Waals surface area contributed by atoms with Crippen LogP contribution in [-0.4, -0.2) is 57.5 Å². The third-order valence-electron chi connectivity index (χ3n) is 4.23. The molecule has 1 saturated carbocycles. The molecule has 24 heavy (non-hydrogen) atoms. The molecule has 1 aromatic rings. The minimum absolute atomic E-state index is 0.305. The zero-order chi connectivity index (χ0) is 17.9. The lowest BCUT2D eigenvalue weighted by Crippen LogP contribution is -2.29. The molecular weight excluding hydrogens is 346 g/mol. The molecule has 0 aromatic heterocycles. The Bertz CT molecular complexity index is 716. The van der Waals surface area contributed by atoms with E-state index in [1.165, 1.54) is 5.71 Å². The molecule has 0 saturated heterocycles. The highest BCUT2D eigenvalue weighted by Gasteiger charge is 2.23. The summed E-state index contributed by atoms with van der Waals surface area (Å²) in [6, 6.07) is 5.91. The summed E-state index contributed by atoms with van der Waals surface area (Å²) in [4.78, 5) is 2.42. The van der Waals surface area contributed by atoms with E-state index in [9.17, 15) is 13.0 Å². The molecule has 0 spiro atoms. The van der Waals surface area contributed by atoms with Gasteiger partial charge in [-0.1, -0.05) is 0 Å². The summed E-state index contributed by atoms with van der Waals surface area (Å²) in [6.45, 7) is 0. The standard InChI is InChI=1S/C16H25N3O3S2/c1-18(2)13-7-5-12(6-8-13)17-15-10-9-14(19(3)4)11-16(15)23-24(20,21)22/h9-12,17H,5-8H2,1-4H3/p+1. The summed E-state index contributed by atoms with van der Waals surface area (Å²) < 4.78 is 34.0. The van der Waals surface area contributed by atoms with E-state index in [1.54, 1.807) is 6.07 Å². The van der Waals surface area contributed by atoms with Crippen molar-refractivity contribution < 1.29 is 17.5 Å². The molecule has 0 unspecified atom stereocenters. The molecule has 0 heterocycles. The molecule has 1 aromatic carbocycles. The summed E-state index contributed by atoms with van der Waals surface area (Å²) in [5, 5.41) is 3.45. The smallest absolute Gasteiger partial charge is 0.324 e. The Morgan fingerprint density at radius 3 is 2.38 bits per heavy atom. The summed E-state index contributed by atoms with van der Waals surface area (Å²) in [5.41, 5.74) is 3.09. The predicted octanol–water partition coefficient (Wildman–Crippen LogP) is 2.72. The first-order valence-electron chi connectivity index (χ1n) is 7.92. The number of hydrogen-bond donors (Lipinski definition) is 2. The van der Waals surface area contributed by atoms with Crippen LogP contribution in [0.1, 0.15) is 25.7 Å². The van der Waals surface area contributed by atoms with Crippen LogP contribution in [-0.2, 0) is 9.15 Å². The monoisotopic (exact) mass is 372 g/mol. The van der Waals surface area contributed by atoms with Crippen LogP contribution < -0.4 is 10.2 Å². The Kier molecular flexibility index (Phi) is 6.17. The highest BCUT2D eigenvalue weighted by atomic mass is 33.1. The van der Waals surface area contributed by atoms with Gasteiger partial charge in [0.1, 0.15) is 14.1 Å². The maximum absolute atomic E-state index is 11.3. The first-order chi connectivity index (χ1) is 11.2. The summed E-state index contributed by atoms with van der Waals surface area (Å²) >= 11 is 0. The minimum Gasteiger partial charge on any atom is -0.381 e. The van der Waals surface area contributed by atoms with Crippen LogP contribution in [0.5, 0.6) is 0 Å². The Labute approximate surface area is 148 Å². The third kappa shape index (κ3) is 5.39. The summed E-state index contributed by atoms with van der Waals surface area (Å²) in [6.07, 6.45) is 4.11. The topological polar surface area (TPSA) is 72.7 Å². The second-order valence-corrected chi connectivity index (χ2v) is 9.69. The highest BCUT2D eigenvalue weighted by molar-refractivity contribution is 8.70. The van der Waals surface area contributed by atoms with Crippen molar-refractivity contribution in [2.24, 2.45) is 0 Å². The molecule has 2 rings (SSSR count). The number of nitrogens with one attached hydrogen (secondary N) is 1. The Balaban J connectivity index is 2.19. The molecule has 0 aliphatic heterocycles. The molecule has 1 fully saturated rings. The molecule has 0 radical (unpaired) electrons. The highest BCUT2D eigenvalue weighted by Crippen LogP contribution is 2.35. The van der Waals surface area contributed by atoms with Gasteiger partial charge in [0.2, 0.25) is 0 Å². The Morgan fingerprint density at radius 2 is 1.88 bits per heavy atom. The molecule has 6 nitrogen and oxygen atoms in total. The quantitative estimate of drug-likeness (QED) is 0.470. The fraction of sp³-hybridized carbons (Fsp3) is 0.562. The van der Waals surface area contributed by atoms with Gasteiger partial charge in [0.05, 0.1) is 4.90 Å². The van der Waals surface area contributed by atoms with Gasteiger partial charge in [-0.2, -0.15) is 8.42 Å². The minimum atomic E-state index is -4.16. The van der Waals surface area contributed by atoms with Gasteiger partial charge in [-0.3, -0.25) is 4.55 Å². The van der Waals surface area contributed by atoms with Gasteiger partial charge in [-0.15, -0.1) is 0 Å². The number of benzene rings is 1. The zero-order valence-corrected chi connectivity index (χ0v) is 16.2. The van der Waals surface area contributed by atoms with E-state index in [0.29, 0.717) is 21.7 Å². The average Bonchev–Trinajstić information content (AvgIpc) is 2.48. The van der Waals surface area contributed by atoms with Gasteiger partial charge in [0.15, 0.2) is 5.71 Å². The molecule has 0 amide bonds. The van der Waals surface area contributed by atoms with E-state index >= 15 is 0 Å². The maximum atomic E-state index is 11.3. The fourth-order valence-corrected chi connectivity index (χ4v) is 4.56. The molecule has 8 heteroatoms. The van der Waals surface area contributed by atoms with E-state index in [-0.39, 0.29) is 0 Å². The van der Waals surface area contributed by atoms with Crippen molar-refractivity contribution in [1.82, 2.24) is 0 Å². The van der Waals surface area contributed by atoms with Gasteiger partial charge in [-0.05, 0) is 31.0 Å². The predicted molar refractivity (Wildman–Crippen MR) is 101 cm³/mol. The number of anilines is 2. The second-order valence-electron chi connectivity index (χ2n) is 6.47. The number of hydrogen-bond acceptors (Lipinski definition) is 5. The Morgan fingerprint density at radius 1 is 1.25 bits per heavy atom. The van der Waals surface area contributed by atoms with Crippen LogP contribution in [0.4, 0.5) is 11.4 Å². The number of nitrogens with zero attached hydrogens (tertiary/aromatic N) is 2. The van der Waals surface area contributed by atoms with Crippen molar-refractivity contribution >= 4 is 37.0 Å². The summed E-state index contributed by atoms with van der Waals surface area (Å²) in [7, 11) is 4.26. The van der Waals surface area contributed by atoms with Crippen LogP contribution in [0, 0.1) is 0 Å². The normalized spacial score (nSPS) is 18.4. The Hall–Kier alpha value is -1.25. The molecule has 0 atom stereocenters. The molecule has 134 valence electrons. The zero-order valence-electron chi connectivity index (χ0n) is 14.6. The lowest BCUT2D eigenvalue weighted by Gasteiger charge is -2.25. The van der Waals surface area contributed by atoms with Crippen molar-refractivity contribution in [3.63, 3.8) is 0 Å². The van der Waals surface area contributed by atoms with Crippen molar-refractivity contribution in [3.05, 3.63) is 18.2 Å². The fourth-order valence-electron chi connectivity index (χ4n) is 2.85. The lowest BCUT2D eigenvalue weighted by atomic mass is 9.93. The van der Waals surface area contributed by atoms with Crippen molar-refractivity contribution in [2.45, 2.75) is 36.6 Å². The largest absolute Gasteiger partial charge is 0.381 e. The first kappa shape index (κ1) is 19.1. The lowest BCUT2D eigenvalue weighted by molar-refractivity contribution is -0.467.